The molecule has 1 aliphatic heterocycles. The third kappa shape index (κ3) is 2.77. The lowest BCUT2D eigenvalue weighted by Crippen LogP contribution is -2.40. The second-order valence-electron chi connectivity index (χ2n) is 4.29. The zero-order valence-electron chi connectivity index (χ0n) is 10.3. The van der Waals surface area contributed by atoms with Crippen molar-refractivity contribution in [2.75, 3.05) is 13.1 Å². The van der Waals surface area contributed by atoms with Gasteiger partial charge in [0.2, 0.25) is 11.8 Å². The molecule has 0 radical (unpaired) electrons. The summed E-state index contributed by atoms with van der Waals surface area (Å²) >= 11 is 0. The number of hydrogen-bond donors (Lipinski definition) is 0. The first-order chi connectivity index (χ1) is 8.70. The van der Waals surface area contributed by atoms with Crippen molar-refractivity contribution in [2.24, 2.45) is 0 Å². The standard InChI is InChI=1S/C13H15N3O2/c1-10(17)16-7-4-12(5-8-16)18-13-11(9-14)3-2-6-15-13/h2-3,6,12H,4-5,7-8H2,1H3. The number of aromatic nitrogens is 1. The summed E-state index contributed by atoms with van der Waals surface area (Å²) in [5.74, 6) is 0.491. The van der Waals surface area contributed by atoms with Crippen molar-refractivity contribution in [2.45, 2.75) is 25.9 Å². The quantitative estimate of drug-likeness (QED) is 0.788. The van der Waals surface area contributed by atoms with E-state index in [-0.39, 0.29) is 12.0 Å². The lowest BCUT2D eigenvalue weighted by atomic mass is 10.1. The van der Waals surface area contributed by atoms with Crippen LogP contribution in [0.4, 0.5) is 0 Å². The first kappa shape index (κ1) is 12.4. The largest absolute Gasteiger partial charge is 0.473 e. The van der Waals surface area contributed by atoms with Gasteiger partial charge in [-0.1, -0.05) is 0 Å². The van der Waals surface area contributed by atoms with Crippen molar-refractivity contribution in [1.82, 2.24) is 9.88 Å². The molecule has 1 aliphatic rings. The zero-order valence-corrected chi connectivity index (χ0v) is 10.3. The highest BCUT2D eigenvalue weighted by Gasteiger charge is 2.22. The molecule has 1 aromatic rings. The van der Waals surface area contributed by atoms with E-state index in [9.17, 15) is 4.79 Å². The van der Waals surface area contributed by atoms with Crippen LogP contribution in [-0.4, -0.2) is 35.0 Å². The Hall–Kier alpha value is -2.09. The Morgan fingerprint density at radius 1 is 1.56 bits per heavy atom. The molecule has 18 heavy (non-hydrogen) atoms. The van der Waals surface area contributed by atoms with E-state index in [2.05, 4.69) is 11.1 Å². The lowest BCUT2D eigenvalue weighted by molar-refractivity contribution is -0.130. The molecule has 0 spiro atoms. The fourth-order valence-electron chi connectivity index (χ4n) is 2.02. The Kier molecular flexibility index (Phi) is 3.78. The average Bonchev–Trinajstić information content (AvgIpc) is 2.40. The van der Waals surface area contributed by atoms with Crippen LogP contribution in [0.25, 0.3) is 0 Å². The minimum absolute atomic E-state index is 0.0302. The maximum atomic E-state index is 11.2. The molecule has 0 saturated carbocycles. The summed E-state index contributed by atoms with van der Waals surface area (Å²) < 4.78 is 5.73. The molecule has 1 aromatic heterocycles. The minimum atomic E-state index is 0.0302. The topological polar surface area (TPSA) is 66.2 Å². The van der Waals surface area contributed by atoms with Gasteiger partial charge < -0.3 is 9.64 Å². The monoisotopic (exact) mass is 245 g/mol. The van der Waals surface area contributed by atoms with E-state index in [0.717, 1.165) is 12.8 Å². The minimum Gasteiger partial charge on any atom is -0.473 e. The van der Waals surface area contributed by atoms with Gasteiger partial charge >= 0.3 is 0 Å². The lowest BCUT2D eigenvalue weighted by Gasteiger charge is -2.31. The molecule has 94 valence electrons. The molecule has 0 aromatic carbocycles. The van der Waals surface area contributed by atoms with Crippen LogP contribution in [0, 0.1) is 11.3 Å². The van der Waals surface area contributed by atoms with Gasteiger partial charge in [0.05, 0.1) is 0 Å². The van der Waals surface area contributed by atoms with Gasteiger partial charge in [0.1, 0.15) is 17.7 Å². The van der Waals surface area contributed by atoms with E-state index in [0.29, 0.717) is 24.5 Å². The van der Waals surface area contributed by atoms with Gasteiger partial charge in [0, 0.05) is 39.1 Å². The smallest absolute Gasteiger partial charge is 0.231 e. The summed E-state index contributed by atoms with van der Waals surface area (Å²) in [4.78, 5) is 17.1. The summed E-state index contributed by atoms with van der Waals surface area (Å²) in [7, 11) is 0. The molecule has 2 rings (SSSR count). The summed E-state index contributed by atoms with van der Waals surface area (Å²) in [6.07, 6.45) is 3.20. The number of hydrogen-bond acceptors (Lipinski definition) is 4. The average molecular weight is 245 g/mol. The van der Waals surface area contributed by atoms with Gasteiger partial charge in [0.15, 0.2) is 0 Å². The van der Waals surface area contributed by atoms with Crippen LogP contribution >= 0.6 is 0 Å². The number of carbonyl (C=O) groups excluding carboxylic acids is 1. The summed E-state index contributed by atoms with van der Waals surface area (Å²) in [5.41, 5.74) is 0.450. The first-order valence-corrected chi connectivity index (χ1v) is 5.98. The molecule has 1 amide bonds. The van der Waals surface area contributed by atoms with Crippen LogP contribution in [0.2, 0.25) is 0 Å². The maximum absolute atomic E-state index is 11.2. The third-order valence-electron chi connectivity index (χ3n) is 3.06. The predicted octanol–water partition coefficient (Wildman–Crippen LogP) is 1.34. The number of rotatable bonds is 2. The zero-order chi connectivity index (χ0) is 13.0. The van der Waals surface area contributed by atoms with Crippen molar-refractivity contribution < 1.29 is 9.53 Å². The SMILES string of the molecule is CC(=O)N1CCC(Oc2ncccc2C#N)CC1. The maximum Gasteiger partial charge on any atom is 0.231 e. The first-order valence-electron chi connectivity index (χ1n) is 5.98. The van der Waals surface area contributed by atoms with Crippen molar-refractivity contribution >= 4 is 5.91 Å². The van der Waals surface area contributed by atoms with Crippen LogP contribution in [0.1, 0.15) is 25.3 Å². The molecule has 2 heterocycles. The Bertz CT molecular complexity index is 473. The van der Waals surface area contributed by atoms with Crippen LogP contribution < -0.4 is 4.74 Å². The van der Waals surface area contributed by atoms with Crippen molar-refractivity contribution in [3.63, 3.8) is 0 Å². The molecular formula is C13H15N3O2. The Balaban J connectivity index is 1.96. The highest BCUT2D eigenvalue weighted by atomic mass is 16.5. The van der Waals surface area contributed by atoms with Crippen LogP contribution in [-0.2, 0) is 4.79 Å². The van der Waals surface area contributed by atoms with Crippen LogP contribution in [0.3, 0.4) is 0 Å². The Morgan fingerprint density at radius 3 is 2.89 bits per heavy atom. The number of carbonyl (C=O) groups is 1. The Labute approximate surface area is 106 Å². The molecule has 1 saturated heterocycles. The van der Waals surface area contributed by atoms with Crippen LogP contribution in [0.5, 0.6) is 5.88 Å². The number of nitriles is 1. The van der Waals surface area contributed by atoms with E-state index in [1.54, 1.807) is 25.3 Å². The number of amides is 1. The molecule has 1 fully saturated rings. The van der Waals surface area contributed by atoms with Crippen LogP contribution in [0.15, 0.2) is 18.3 Å². The second kappa shape index (κ2) is 5.50. The summed E-state index contributed by atoms with van der Waals surface area (Å²) in [5, 5.41) is 8.94. The van der Waals surface area contributed by atoms with Gasteiger partial charge in [-0.15, -0.1) is 0 Å². The molecule has 0 bridgehead atoms. The van der Waals surface area contributed by atoms with E-state index in [1.165, 1.54) is 0 Å². The normalized spacial score (nSPS) is 16.1. The van der Waals surface area contributed by atoms with E-state index < -0.39 is 0 Å². The van der Waals surface area contributed by atoms with Gasteiger partial charge in [-0.3, -0.25) is 4.79 Å². The fourth-order valence-corrected chi connectivity index (χ4v) is 2.02. The molecule has 5 heteroatoms. The third-order valence-corrected chi connectivity index (χ3v) is 3.06. The Morgan fingerprint density at radius 2 is 2.28 bits per heavy atom. The van der Waals surface area contributed by atoms with Gasteiger partial charge in [0.25, 0.3) is 0 Å². The second-order valence-corrected chi connectivity index (χ2v) is 4.29. The van der Waals surface area contributed by atoms with E-state index in [4.69, 9.17) is 10.00 Å². The molecular weight excluding hydrogens is 230 g/mol. The summed E-state index contributed by atoms with van der Waals surface area (Å²) in [6, 6.07) is 5.46. The van der Waals surface area contributed by atoms with Crippen molar-refractivity contribution in [3.8, 4) is 11.9 Å². The van der Waals surface area contributed by atoms with E-state index >= 15 is 0 Å². The van der Waals surface area contributed by atoms with Crippen molar-refractivity contribution in [3.05, 3.63) is 23.9 Å². The molecule has 0 aliphatic carbocycles. The molecule has 0 N–H and O–H groups in total. The number of likely N-dealkylation sites (tertiary alicyclic amines) is 1. The fraction of sp³-hybridized carbons (Fsp3) is 0.462. The van der Waals surface area contributed by atoms with Gasteiger partial charge in [-0.2, -0.15) is 5.26 Å². The highest BCUT2D eigenvalue weighted by Crippen LogP contribution is 2.20. The number of pyridine rings is 1. The van der Waals surface area contributed by atoms with Gasteiger partial charge in [-0.25, -0.2) is 4.98 Å². The van der Waals surface area contributed by atoms with Crippen molar-refractivity contribution in [1.29, 1.82) is 5.26 Å². The number of piperidine rings is 1. The predicted molar refractivity (Wildman–Crippen MR) is 64.9 cm³/mol. The molecule has 5 nitrogen and oxygen atoms in total. The highest BCUT2D eigenvalue weighted by molar-refractivity contribution is 5.73. The number of nitrogens with zero attached hydrogens (tertiary/aromatic N) is 3. The van der Waals surface area contributed by atoms with E-state index in [1.807, 2.05) is 4.90 Å². The number of ether oxygens (including phenoxy) is 1. The summed E-state index contributed by atoms with van der Waals surface area (Å²) in [6.45, 7) is 2.98. The molecule has 0 unspecified atom stereocenters. The van der Waals surface area contributed by atoms with Gasteiger partial charge in [-0.05, 0) is 12.1 Å². The molecule has 0 atom stereocenters.